The first-order chi connectivity index (χ1) is 20.2. The zero-order chi connectivity index (χ0) is 27.3. The molecule has 0 fully saturated rings. The van der Waals surface area contributed by atoms with Gasteiger partial charge >= 0.3 is 0 Å². The number of hydrogen-bond donors (Lipinski definition) is 0. The zero-order valence-corrected chi connectivity index (χ0v) is 23.7. The fourth-order valence-corrected chi connectivity index (χ4v) is 7.52. The summed E-state index contributed by atoms with van der Waals surface area (Å²) in [5.74, 6) is 0. The van der Waals surface area contributed by atoms with Gasteiger partial charge in [0.15, 0.2) is 0 Å². The van der Waals surface area contributed by atoms with E-state index in [4.69, 9.17) is 11.6 Å². The molecule has 0 aliphatic carbocycles. The first kappa shape index (κ1) is 24.2. The molecule has 3 heteroatoms. The molecule has 0 unspecified atom stereocenters. The summed E-state index contributed by atoms with van der Waals surface area (Å²) in [5, 5.41) is 8.23. The number of anilines is 3. The third-order valence-corrected chi connectivity index (χ3v) is 9.60. The average molecular weight is 562 g/mol. The summed E-state index contributed by atoms with van der Waals surface area (Å²) in [7, 11) is 0. The van der Waals surface area contributed by atoms with E-state index in [0.717, 1.165) is 26.8 Å². The van der Waals surface area contributed by atoms with Crippen LogP contribution in [0.5, 0.6) is 0 Å². The molecule has 0 spiro atoms. The van der Waals surface area contributed by atoms with Gasteiger partial charge in [-0.3, -0.25) is 0 Å². The molecule has 7 aromatic carbocycles. The maximum atomic E-state index is 7.05. The maximum Gasteiger partial charge on any atom is 0.0605 e. The SMILES string of the molecule is Clc1cc(N(c2ccccc2)c2ccc(-c3cccc4ccccc34)cc2)cc2c1sc1c3ccccc3ccc21. The number of rotatable bonds is 4. The van der Waals surface area contributed by atoms with Gasteiger partial charge in [-0.25, -0.2) is 0 Å². The van der Waals surface area contributed by atoms with Crippen LogP contribution < -0.4 is 4.90 Å². The highest BCUT2D eigenvalue weighted by atomic mass is 35.5. The second-order valence-corrected chi connectivity index (χ2v) is 11.7. The van der Waals surface area contributed by atoms with Crippen molar-refractivity contribution in [2.75, 3.05) is 4.90 Å². The number of hydrogen-bond acceptors (Lipinski definition) is 2. The van der Waals surface area contributed by atoms with E-state index in [0.29, 0.717) is 0 Å². The van der Waals surface area contributed by atoms with Crippen molar-refractivity contribution in [1.82, 2.24) is 0 Å². The summed E-state index contributed by atoms with van der Waals surface area (Å²) in [5.41, 5.74) is 5.65. The van der Waals surface area contributed by atoms with E-state index in [2.05, 4.69) is 150 Å². The lowest BCUT2D eigenvalue weighted by Crippen LogP contribution is -2.09. The monoisotopic (exact) mass is 561 g/mol. The molecule has 0 amide bonds. The van der Waals surface area contributed by atoms with Gasteiger partial charge in [-0.1, -0.05) is 121 Å². The van der Waals surface area contributed by atoms with Crippen molar-refractivity contribution >= 4 is 81.7 Å². The normalized spacial score (nSPS) is 11.5. The van der Waals surface area contributed by atoms with Crippen molar-refractivity contribution in [2.24, 2.45) is 0 Å². The molecule has 0 atom stereocenters. The van der Waals surface area contributed by atoms with Crippen LogP contribution in [0.3, 0.4) is 0 Å². The zero-order valence-electron chi connectivity index (χ0n) is 22.1. The minimum atomic E-state index is 0.774. The Morgan fingerprint density at radius 1 is 0.439 bits per heavy atom. The maximum absolute atomic E-state index is 7.05. The number of fused-ring (bicyclic) bond motifs is 6. The van der Waals surface area contributed by atoms with Crippen LogP contribution in [-0.4, -0.2) is 0 Å². The lowest BCUT2D eigenvalue weighted by molar-refractivity contribution is 1.29. The van der Waals surface area contributed by atoms with Crippen molar-refractivity contribution in [3.05, 3.63) is 151 Å². The Bertz CT molecular complexity index is 2210. The molecule has 8 aromatic rings. The minimum absolute atomic E-state index is 0.774. The Kier molecular flexibility index (Phi) is 5.77. The van der Waals surface area contributed by atoms with Gasteiger partial charge in [0.1, 0.15) is 0 Å². The summed E-state index contributed by atoms with van der Waals surface area (Å²) in [4.78, 5) is 2.29. The standard InChI is InChI=1S/C38H24ClNS/c39-36-24-30(23-35-34-22-19-26-10-5-7-15-33(26)37(34)41-38(35)36)40(28-12-2-1-3-13-28)29-20-17-27(18-21-29)32-16-8-11-25-9-4-6-14-31(25)32/h1-24H. The van der Waals surface area contributed by atoms with Crippen molar-refractivity contribution in [1.29, 1.82) is 0 Å². The molecule has 41 heavy (non-hydrogen) atoms. The highest BCUT2D eigenvalue weighted by Gasteiger charge is 2.18. The van der Waals surface area contributed by atoms with Gasteiger partial charge in [0.25, 0.3) is 0 Å². The molecule has 0 aliphatic heterocycles. The third kappa shape index (κ3) is 4.07. The van der Waals surface area contributed by atoms with Crippen LogP contribution >= 0.6 is 22.9 Å². The van der Waals surface area contributed by atoms with Crippen molar-refractivity contribution in [3.63, 3.8) is 0 Å². The number of halogens is 1. The van der Waals surface area contributed by atoms with E-state index >= 15 is 0 Å². The average Bonchev–Trinajstić information content (AvgIpc) is 3.42. The molecule has 1 heterocycles. The first-order valence-electron chi connectivity index (χ1n) is 13.7. The highest BCUT2D eigenvalue weighted by molar-refractivity contribution is 7.27. The van der Waals surface area contributed by atoms with Crippen LogP contribution in [-0.2, 0) is 0 Å². The molecule has 0 saturated carbocycles. The van der Waals surface area contributed by atoms with Crippen LogP contribution in [0.2, 0.25) is 5.02 Å². The molecule has 0 saturated heterocycles. The molecule has 194 valence electrons. The summed E-state index contributed by atoms with van der Waals surface area (Å²) >= 11 is 8.83. The van der Waals surface area contributed by atoms with E-state index in [1.54, 1.807) is 11.3 Å². The van der Waals surface area contributed by atoms with Crippen LogP contribution in [0.1, 0.15) is 0 Å². The Balaban J connectivity index is 1.30. The Labute approximate surface area is 247 Å². The molecule has 8 rings (SSSR count). The summed E-state index contributed by atoms with van der Waals surface area (Å²) < 4.78 is 2.41. The molecule has 1 nitrogen and oxygen atoms in total. The summed E-state index contributed by atoms with van der Waals surface area (Å²) in [6, 6.07) is 51.9. The van der Waals surface area contributed by atoms with Crippen LogP contribution in [0.25, 0.3) is 52.8 Å². The van der Waals surface area contributed by atoms with Gasteiger partial charge in [0, 0.05) is 32.5 Å². The molecule has 1 aromatic heterocycles. The third-order valence-electron chi connectivity index (χ3n) is 7.90. The molecule has 0 aliphatic rings. The van der Waals surface area contributed by atoms with Gasteiger partial charge in [0.2, 0.25) is 0 Å². The van der Waals surface area contributed by atoms with Crippen LogP contribution in [0.4, 0.5) is 17.1 Å². The quantitative estimate of drug-likeness (QED) is 0.206. The Morgan fingerprint density at radius 3 is 1.90 bits per heavy atom. The number of benzene rings is 7. The van der Waals surface area contributed by atoms with E-state index < -0.39 is 0 Å². The minimum Gasteiger partial charge on any atom is -0.310 e. The van der Waals surface area contributed by atoms with E-state index in [1.165, 1.54) is 48.1 Å². The largest absolute Gasteiger partial charge is 0.310 e. The molecule has 0 bridgehead atoms. The first-order valence-corrected chi connectivity index (χ1v) is 14.9. The fourth-order valence-electron chi connectivity index (χ4n) is 5.97. The molecular weight excluding hydrogens is 538 g/mol. The highest BCUT2D eigenvalue weighted by Crippen LogP contribution is 2.46. The fraction of sp³-hybridized carbons (Fsp3) is 0. The van der Waals surface area contributed by atoms with Crippen LogP contribution in [0, 0.1) is 0 Å². The summed E-state index contributed by atoms with van der Waals surface area (Å²) in [6.45, 7) is 0. The Hall–Kier alpha value is -4.63. The second-order valence-electron chi connectivity index (χ2n) is 10.3. The molecular formula is C38H24ClNS. The van der Waals surface area contributed by atoms with Crippen molar-refractivity contribution in [2.45, 2.75) is 0 Å². The van der Waals surface area contributed by atoms with E-state index in [9.17, 15) is 0 Å². The van der Waals surface area contributed by atoms with Crippen LogP contribution in [0.15, 0.2) is 146 Å². The molecule has 0 N–H and O–H groups in total. The lowest BCUT2D eigenvalue weighted by atomic mass is 9.98. The predicted octanol–water partition coefficient (Wildman–Crippen LogP) is 12.2. The van der Waals surface area contributed by atoms with Gasteiger partial charge in [0.05, 0.1) is 9.72 Å². The van der Waals surface area contributed by atoms with Gasteiger partial charge in [-0.15, -0.1) is 11.3 Å². The molecule has 0 radical (unpaired) electrons. The number of nitrogens with zero attached hydrogens (tertiary/aromatic N) is 1. The number of para-hydroxylation sites is 1. The topological polar surface area (TPSA) is 3.24 Å². The van der Waals surface area contributed by atoms with E-state index in [-0.39, 0.29) is 0 Å². The predicted molar refractivity (Wildman–Crippen MR) is 179 cm³/mol. The van der Waals surface area contributed by atoms with Crippen molar-refractivity contribution < 1.29 is 0 Å². The van der Waals surface area contributed by atoms with Crippen molar-refractivity contribution in [3.8, 4) is 11.1 Å². The lowest BCUT2D eigenvalue weighted by Gasteiger charge is -2.26. The van der Waals surface area contributed by atoms with Gasteiger partial charge < -0.3 is 4.90 Å². The second kappa shape index (κ2) is 9.78. The van der Waals surface area contributed by atoms with E-state index in [1.807, 2.05) is 0 Å². The van der Waals surface area contributed by atoms with Gasteiger partial charge in [-0.05, 0) is 69.1 Å². The number of thiophene rings is 1. The smallest absolute Gasteiger partial charge is 0.0605 e. The summed E-state index contributed by atoms with van der Waals surface area (Å²) in [6.07, 6.45) is 0. The van der Waals surface area contributed by atoms with Gasteiger partial charge in [-0.2, -0.15) is 0 Å². The Morgan fingerprint density at radius 2 is 1.10 bits per heavy atom.